The lowest BCUT2D eigenvalue weighted by molar-refractivity contribution is 0.101. The standard InChI is InChI=1S/C13H15F2N5O/c1-7-8(2-3-21-7)6-20-13(17-18-19-20)9-4-10(14)11(15)5-12(9)16/h4-5,7-8H,2-3,6,16H2,1H3. The van der Waals surface area contributed by atoms with E-state index in [-0.39, 0.29) is 23.3 Å². The van der Waals surface area contributed by atoms with Gasteiger partial charge >= 0.3 is 0 Å². The Morgan fingerprint density at radius 1 is 1.38 bits per heavy atom. The molecule has 1 aliphatic rings. The first kappa shape index (κ1) is 13.9. The number of nitrogen functional groups attached to an aromatic ring is 1. The van der Waals surface area contributed by atoms with Crippen LogP contribution in [-0.2, 0) is 11.3 Å². The minimum atomic E-state index is -0.993. The number of rotatable bonds is 3. The van der Waals surface area contributed by atoms with Crippen molar-refractivity contribution in [1.29, 1.82) is 0 Å². The smallest absolute Gasteiger partial charge is 0.184 e. The number of anilines is 1. The highest BCUT2D eigenvalue weighted by Gasteiger charge is 2.26. The number of benzene rings is 1. The van der Waals surface area contributed by atoms with Crippen molar-refractivity contribution in [3.05, 3.63) is 23.8 Å². The summed E-state index contributed by atoms with van der Waals surface area (Å²) in [6.45, 7) is 3.24. The molecule has 2 aromatic rings. The van der Waals surface area contributed by atoms with Gasteiger partial charge in [0.25, 0.3) is 0 Å². The lowest BCUT2D eigenvalue weighted by Crippen LogP contribution is -2.19. The number of hydrogen-bond acceptors (Lipinski definition) is 5. The van der Waals surface area contributed by atoms with E-state index in [4.69, 9.17) is 10.5 Å². The van der Waals surface area contributed by atoms with Gasteiger partial charge in [-0.2, -0.15) is 0 Å². The molecule has 2 atom stereocenters. The van der Waals surface area contributed by atoms with E-state index in [1.54, 1.807) is 4.68 Å². The Kier molecular flexibility index (Phi) is 3.54. The van der Waals surface area contributed by atoms with E-state index in [9.17, 15) is 8.78 Å². The van der Waals surface area contributed by atoms with Crippen molar-refractivity contribution in [2.75, 3.05) is 12.3 Å². The van der Waals surface area contributed by atoms with Gasteiger partial charge in [-0.1, -0.05) is 0 Å². The summed E-state index contributed by atoms with van der Waals surface area (Å²) in [6, 6.07) is 1.95. The first-order chi connectivity index (χ1) is 10.1. The van der Waals surface area contributed by atoms with Gasteiger partial charge in [0.2, 0.25) is 0 Å². The molecule has 1 fully saturated rings. The Morgan fingerprint density at radius 2 is 2.14 bits per heavy atom. The van der Waals surface area contributed by atoms with Crippen LogP contribution in [0.25, 0.3) is 11.4 Å². The van der Waals surface area contributed by atoms with Crippen LogP contribution in [-0.4, -0.2) is 32.9 Å². The molecule has 2 heterocycles. The number of nitrogens with two attached hydrogens (primary N) is 1. The molecule has 1 saturated heterocycles. The van der Waals surface area contributed by atoms with Crippen molar-refractivity contribution in [3.63, 3.8) is 0 Å². The second-order valence-corrected chi connectivity index (χ2v) is 5.16. The molecule has 1 aliphatic heterocycles. The maximum absolute atomic E-state index is 13.4. The highest BCUT2D eigenvalue weighted by molar-refractivity contribution is 5.71. The van der Waals surface area contributed by atoms with Gasteiger partial charge < -0.3 is 10.5 Å². The molecule has 1 aromatic carbocycles. The number of tetrazole rings is 1. The zero-order valence-corrected chi connectivity index (χ0v) is 11.5. The molecule has 3 rings (SSSR count). The van der Waals surface area contributed by atoms with Crippen LogP contribution in [0.15, 0.2) is 12.1 Å². The predicted octanol–water partition coefficient (Wildman–Crippen LogP) is 1.63. The average molecular weight is 295 g/mol. The van der Waals surface area contributed by atoms with E-state index in [0.717, 1.165) is 18.6 Å². The average Bonchev–Trinajstić information content (AvgIpc) is 3.05. The molecular weight excluding hydrogens is 280 g/mol. The maximum atomic E-state index is 13.4. The molecule has 0 saturated carbocycles. The quantitative estimate of drug-likeness (QED) is 0.871. The zero-order chi connectivity index (χ0) is 15.0. The minimum Gasteiger partial charge on any atom is -0.398 e. The first-order valence-corrected chi connectivity index (χ1v) is 6.69. The summed E-state index contributed by atoms with van der Waals surface area (Å²) >= 11 is 0. The number of aromatic nitrogens is 4. The molecule has 0 bridgehead atoms. The van der Waals surface area contributed by atoms with Crippen LogP contribution in [0.5, 0.6) is 0 Å². The molecular formula is C13H15F2N5O. The lowest BCUT2D eigenvalue weighted by atomic mass is 10.0. The summed E-state index contributed by atoms with van der Waals surface area (Å²) in [5.74, 6) is -1.37. The third-order valence-electron chi connectivity index (χ3n) is 3.81. The van der Waals surface area contributed by atoms with E-state index < -0.39 is 11.6 Å². The van der Waals surface area contributed by atoms with Crippen molar-refractivity contribution in [2.45, 2.75) is 26.0 Å². The topological polar surface area (TPSA) is 78.8 Å². The Labute approximate surface area is 119 Å². The van der Waals surface area contributed by atoms with Gasteiger partial charge in [0.05, 0.1) is 12.6 Å². The summed E-state index contributed by atoms with van der Waals surface area (Å²) in [5.41, 5.74) is 6.13. The Balaban J connectivity index is 1.93. The van der Waals surface area contributed by atoms with Gasteiger partial charge in [0.1, 0.15) is 0 Å². The number of hydrogen-bond donors (Lipinski definition) is 1. The SMILES string of the molecule is CC1OCCC1Cn1nnnc1-c1cc(F)c(F)cc1N. The van der Waals surface area contributed by atoms with Crippen LogP contribution < -0.4 is 5.73 Å². The molecule has 2 unspecified atom stereocenters. The molecule has 1 aromatic heterocycles. The van der Waals surface area contributed by atoms with Crippen molar-refractivity contribution in [2.24, 2.45) is 5.92 Å². The van der Waals surface area contributed by atoms with E-state index in [0.29, 0.717) is 19.0 Å². The van der Waals surface area contributed by atoms with Crippen molar-refractivity contribution in [1.82, 2.24) is 20.2 Å². The van der Waals surface area contributed by atoms with Crippen molar-refractivity contribution in [3.8, 4) is 11.4 Å². The first-order valence-electron chi connectivity index (χ1n) is 6.69. The van der Waals surface area contributed by atoms with Gasteiger partial charge in [0, 0.05) is 29.8 Å². The van der Waals surface area contributed by atoms with Crippen LogP contribution in [0.1, 0.15) is 13.3 Å². The van der Waals surface area contributed by atoms with Crippen LogP contribution in [0.2, 0.25) is 0 Å². The van der Waals surface area contributed by atoms with E-state index in [1.165, 1.54) is 0 Å². The Morgan fingerprint density at radius 3 is 2.86 bits per heavy atom. The van der Waals surface area contributed by atoms with E-state index >= 15 is 0 Å². The second kappa shape index (κ2) is 5.36. The van der Waals surface area contributed by atoms with Crippen LogP contribution >= 0.6 is 0 Å². The molecule has 6 nitrogen and oxygen atoms in total. The fraction of sp³-hybridized carbons (Fsp3) is 0.462. The van der Waals surface area contributed by atoms with Gasteiger partial charge in [-0.25, -0.2) is 13.5 Å². The van der Waals surface area contributed by atoms with Crippen LogP contribution in [0, 0.1) is 17.6 Å². The molecule has 2 N–H and O–H groups in total. The molecule has 0 radical (unpaired) electrons. The normalized spacial score (nSPS) is 21.9. The number of nitrogens with zero attached hydrogens (tertiary/aromatic N) is 4. The Hall–Kier alpha value is -2.09. The van der Waals surface area contributed by atoms with Gasteiger partial charge in [-0.3, -0.25) is 0 Å². The Bertz CT molecular complexity index is 660. The third kappa shape index (κ3) is 2.58. The van der Waals surface area contributed by atoms with Crippen LogP contribution in [0.4, 0.5) is 14.5 Å². The van der Waals surface area contributed by atoms with Crippen molar-refractivity contribution >= 4 is 5.69 Å². The molecule has 0 amide bonds. The number of ether oxygens (including phenoxy) is 1. The van der Waals surface area contributed by atoms with Crippen molar-refractivity contribution < 1.29 is 13.5 Å². The summed E-state index contributed by atoms with van der Waals surface area (Å²) in [4.78, 5) is 0. The molecule has 21 heavy (non-hydrogen) atoms. The zero-order valence-electron chi connectivity index (χ0n) is 11.5. The predicted molar refractivity (Wildman–Crippen MR) is 71.1 cm³/mol. The highest BCUT2D eigenvalue weighted by Crippen LogP contribution is 2.28. The molecule has 112 valence electrons. The van der Waals surface area contributed by atoms with Gasteiger partial charge in [0.15, 0.2) is 17.5 Å². The molecule has 8 heteroatoms. The highest BCUT2D eigenvalue weighted by atomic mass is 19.2. The largest absolute Gasteiger partial charge is 0.398 e. The summed E-state index contributed by atoms with van der Waals surface area (Å²) in [6.07, 6.45) is 1.03. The van der Waals surface area contributed by atoms with Gasteiger partial charge in [-0.05, 0) is 29.8 Å². The maximum Gasteiger partial charge on any atom is 0.184 e. The summed E-state index contributed by atoms with van der Waals surface area (Å²) in [5, 5.41) is 11.4. The lowest BCUT2D eigenvalue weighted by Gasteiger charge is -2.15. The summed E-state index contributed by atoms with van der Waals surface area (Å²) in [7, 11) is 0. The van der Waals surface area contributed by atoms with E-state index in [1.807, 2.05) is 6.92 Å². The number of halogens is 2. The fourth-order valence-corrected chi connectivity index (χ4v) is 2.51. The second-order valence-electron chi connectivity index (χ2n) is 5.16. The molecule has 0 aliphatic carbocycles. The fourth-order valence-electron chi connectivity index (χ4n) is 2.51. The third-order valence-corrected chi connectivity index (χ3v) is 3.81. The molecule has 0 spiro atoms. The van der Waals surface area contributed by atoms with Crippen LogP contribution in [0.3, 0.4) is 0 Å². The van der Waals surface area contributed by atoms with E-state index in [2.05, 4.69) is 15.5 Å². The summed E-state index contributed by atoms with van der Waals surface area (Å²) < 4.78 is 33.6. The minimum absolute atomic E-state index is 0.0978. The monoisotopic (exact) mass is 295 g/mol. The van der Waals surface area contributed by atoms with Gasteiger partial charge in [-0.15, -0.1) is 5.10 Å².